The Balaban J connectivity index is 2.09. The molecule has 0 aromatic heterocycles. The maximum atomic E-state index is 6.40. The zero-order valence-electron chi connectivity index (χ0n) is 13.5. The van der Waals surface area contributed by atoms with E-state index in [1.807, 2.05) is 19.2 Å². The maximum Gasteiger partial charge on any atom is 0.0468 e. The van der Waals surface area contributed by atoms with Gasteiger partial charge in [0.25, 0.3) is 0 Å². The minimum atomic E-state index is 0.329. The first-order valence-corrected chi connectivity index (χ1v) is 8.70. The molecule has 0 radical (unpaired) electrons. The normalized spacial score (nSPS) is 24.9. The fraction of sp³-hybridized carbons (Fsp3) is 0.667. The smallest absolute Gasteiger partial charge is 0.0468 e. The topological polar surface area (TPSA) is 12.0 Å². The molecule has 0 heterocycles. The van der Waals surface area contributed by atoms with Gasteiger partial charge in [-0.15, -0.1) is 0 Å². The van der Waals surface area contributed by atoms with Crippen LogP contribution in [0.5, 0.6) is 0 Å². The van der Waals surface area contributed by atoms with Crippen LogP contribution in [-0.2, 0) is 0 Å². The second-order valence-electron chi connectivity index (χ2n) is 7.41. The number of rotatable bonds is 3. The summed E-state index contributed by atoms with van der Waals surface area (Å²) in [5.74, 6) is 1.50. The molecule has 0 saturated heterocycles. The van der Waals surface area contributed by atoms with E-state index in [2.05, 4.69) is 32.2 Å². The van der Waals surface area contributed by atoms with Crippen LogP contribution in [0.1, 0.15) is 58.1 Å². The third kappa shape index (κ3) is 4.15. The Hall–Kier alpha value is -0.240. The minimum absolute atomic E-state index is 0.329. The van der Waals surface area contributed by atoms with Crippen LogP contribution >= 0.6 is 23.2 Å². The average Bonchev–Trinajstić information content (AvgIpc) is 2.41. The molecule has 1 aliphatic carbocycles. The van der Waals surface area contributed by atoms with Gasteiger partial charge in [-0.05, 0) is 67.7 Å². The first-order valence-electron chi connectivity index (χ1n) is 7.95. The first kappa shape index (κ1) is 17.1. The summed E-state index contributed by atoms with van der Waals surface area (Å²) in [6, 6.07) is 6.19. The van der Waals surface area contributed by atoms with E-state index in [1.54, 1.807) is 0 Å². The highest BCUT2D eigenvalue weighted by Gasteiger charge is 2.33. The zero-order chi connectivity index (χ0) is 15.6. The summed E-state index contributed by atoms with van der Waals surface area (Å²) in [5, 5.41) is 4.96. The molecule has 1 aromatic carbocycles. The van der Waals surface area contributed by atoms with Gasteiger partial charge in [0.1, 0.15) is 0 Å². The van der Waals surface area contributed by atoms with Crippen LogP contribution in [0.4, 0.5) is 0 Å². The van der Waals surface area contributed by atoms with Crippen molar-refractivity contribution >= 4 is 23.2 Å². The van der Waals surface area contributed by atoms with Gasteiger partial charge < -0.3 is 5.32 Å². The second kappa shape index (κ2) is 6.89. The molecule has 0 aliphatic heterocycles. The van der Waals surface area contributed by atoms with Crippen LogP contribution in [0, 0.1) is 17.3 Å². The third-order valence-electron chi connectivity index (χ3n) is 5.08. The van der Waals surface area contributed by atoms with Crippen molar-refractivity contribution in [1.29, 1.82) is 0 Å². The summed E-state index contributed by atoms with van der Waals surface area (Å²) in [5.41, 5.74) is 1.61. The van der Waals surface area contributed by atoms with Crippen molar-refractivity contribution in [3.05, 3.63) is 33.8 Å². The van der Waals surface area contributed by atoms with Crippen molar-refractivity contribution in [2.75, 3.05) is 7.05 Å². The summed E-state index contributed by atoms with van der Waals surface area (Å²) in [4.78, 5) is 0. The van der Waals surface area contributed by atoms with Crippen LogP contribution in [0.2, 0.25) is 10.0 Å². The Labute approximate surface area is 139 Å². The van der Waals surface area contributed by atoms with Gasteiger partial charge in [-0.2, -0.15) is 0 Å². The van der Waals surface area contributed by atoms with E-state index < -0.39 is 0 Å². The highest BCUT2D eigenvalue weighted by atomic mass is 35.5. The molecule has 1 nitrogen and oxygen atoms in total. The molecular weight excluding hydrogens is 301 g/mol. The lowest BCUT2D eigenvalue weighted by molar-refractivity contribution is 0.134. The first-order chi connectivity index (χ1) is 9.82. The standard InChI is InChI=1S/C18H27Cl2N/c1-18(2,3)13-7-5-12(6-8-13)17(21-4)15-10-9-14(19)11-16(15)20/h9-13,17,21H,5-8H2,1-4H3. The van der Waals surface area contributed by atoms with Crippen LogP contribution in [0.3, 0.4) is 0 Å². The molecule has 1 atom stereocenters. The van der Waals surface area contributed by atoms with E-state index in [4.69, 9.17) is 23.2 Å². The molecule has 1 unspecified atom stereocenters. The third-order valence-corrected chi connectivity index (χ3v) is 5.64. The van der Waals surface area contributed by atoms with Crippen molar-refractivity contribution in [1.82, 2.24) is 5.32 Å². The van der Waals surface area contributed by atoms with Crippen molar-refractivity contribution in [2.24, 2.45) is 17.3 Å². The van der Waals surface area contributed by atoms with Gasteiger partial charge in [-0.3, -0.25) is 0 Å². The molecular formula is C18H27Cl2N. The molecule has 0 spiro atoms. The Kier molecular flexibility index (Phi) is 5.62. The Morgan fingerprint density at radius 3 is 2.19 bits per heavy atom. The van der Waals surface area contributed by atoms with Gasteiger partial charge in [0.15, 0.2) is 0 Å². The molecule has 0 bridgehead atoms. The predicted octanol–water partition coefficient (Wildman–Crippen LogP) is 6.11. The van der Waals surface area contributed by atoms with Crippen molar-refractivity contribution in [3.8, 4) is 0 Å². The van der Waals surface area contributed by atoms with E-state index in [0.717, 1.165) is 10.9 Å². The highest BCUT2D eigenvalue weighted by molar-refractivity contribution is 6.35. The Morgan fingerprint density at radius 2 is 1.71 bits per heavy atom. The van der Waals surface area contributed by atoms with E-state index in [1.165, 1.54) is 31.2 Å². The predicted molar refractivity (Wildman–Crippen MR) is 93.2 cm³/mol. The maximum absolute atomic E-state index is 6.40. The van der Waals surface area contributed by atoms with Crippen molar-refractivity contribution in [2.45, 2.75) is 52.5 Å². The molecule has 1 N–H and O–H groups in total. The fourth-order valence-electron chi connectivity index (χ4n) is 3.72. The lowest BCUT2D eigenvalue weighted by Gasteiger charge is -2.39. The molecule has 118 valence electrons. The van der Waals surface area contributed by atoms with Crippen LogP contribution in [-0.4, -0.2) is 7.05 Å². The lowest BCUT2D eigenvalue weighted by Crippen LogP contribution is -2.32. The quantitative estimate of drug-likeness (QED) is 0.706. The summed E-state index contributed by atoms with van der Waals surface area (Å²) in [6.45, 7) is 7.09. The zero-order valence-corrected chi connectivity index (χ0v) is 15.1. The average molecular weight is 328 g/mol. The molecule has 2 rings (SSSR count). The molecule has 1 saturated carbocycles. The molecule has 21 heavy (non-hydrogen) atoms. The number of nitrogens with one attached hydrogen (secondary N) is 1. The van der Waals surface area contributed by atoms with Gasteiger partial charge >= 0.3 is 0 Å². The molecule has 1 aliphatic rings. The highest BCUT2D eigenvalue weighted by Crippen LogP contribution is 2.44. The van der Waals surface area contributed by atoms with Gasteiger partial charge in [0.2, 0.25) is 0 Å². The van der Waals surface area contributed by atoms with E-state index in [-0.39, 0.29) is 0 Å². The van der Waals surface area contributed by atoms with E-state index >= 15 is 0 Å². The van der Waals surface area contributed by atoms with E-state index in [9.17, 15) is 0 Å². The van der Waals surface area contributed by atoms with Gasteiger partial charge in [-0.25, -0.2) is 0 Å². The molecule has 3 heteroatoms. The summed E-state index contributed by atoms with van der Waals surface area (Å²) in [6.07, 6.45) is 5.17. The summed E-state index contributed by atoms with van der Waals surface area (Å²) < 4.78 is 0. The SMILES string of the molecule is CNC(c1ccc(Cl)cc1Cl)C1CCC(C(C)(C)C)CC1. The molecule has 1 fully saturated rings. The van der Waals surface area contributed by atoms with Gasteiger partial charge in [0, 0.05) is 16.1 Å². The number of benzene rings is 1. The summed E-state index contributed by atoms with van der Waals surface area (Å²) >= 11 is 12.4. The Morgan fingerprint density at radius 1 is 1.10 bits per heavy atom. The van der Waals surface area contributed by atoms with Crippen LogP contribution in [0.25, 0.3) is 0 Å². The van der Waals surface area contributed by atoms with Gasteiger partial charge in [-0.1, -0.05) is 50.0 Å². The van der Waals surface area contributed by atoms with Gasteiger partial charge in [0.05, 0.1) is 0 Å². The molecule has 1 aromatic rings. The monoisotopic (exact) mass is 327 g/mol. The van der Waals surface area contributed by atoms with E-state index in [0.29, 0.717) is 22.4 Å². The number of hydrogen-bond acceptors (Lipinski definition) is 1. The minimum Gasteiger partial charge on any atom is -0.313 e. The largest absolute Gasteiger partial charge is 0.313 e. The summed E-state index contributed by atoms with van der Waals surface area (Å²) in [7, 11) is 2.03. The van der Waals surface area contributed by atoms with Crippen molar-refractivity contribution < 1.29 is 0 Å². The lowest BCUT2D eigenvalue weighted by atomic mass is 9.68. The number of hydrogen-bond donors (Lipinski definition) is 1. The molecule has 0 amide bonds. The Bertz CT molecular complexity index is 471. The van der Waals surface area contributed by atoms with Crippen LogP contribution < -0.4 is 5.32 Å². The second-order valence-corrected chi connectivity index (χ2v) is 8.25. The van der Waals surface area contributed by atoms with Crippen molar-refractivity contribution in [3.63, 3.8) is 0 Å². The fourth-order valence-corrected chi connectivity index (χ4v) is 4.24. The van der Waals surface area contributed by atoms with Crippen LogP contribution in [0.15, 0.2) is 18.2 Å². The number of halogens is 2.